The van der Waals surface area contributed by atoms with Crippen molar-refractivity contribution in [1.82, 2.24) is 0 Å². The standard InChI is InChI=1S/C24H26OPS/c1-3-13-24(27-20(2)25)26(21-14-7-4-8-15-21,22-16-9-5-10-17-22)23-18-11-6-12-19-23/h4-12,14-19,24H,3,13H2,1-2H3/q+1. The van der Waals surface area contributed by atoms with Gasteiger partial charge in [0.1, 0.15) is 28.2 Å². The zero-order chi connectivity index (χ0) is 19.1. The van der Waals surface area contributed by atoms with Crippen molar-refractivity contribution in [3.05, 3.63) is 91.0 Å². The predicted molar refractivity (Wildman–Crippen MR) is 122 cm³/mol. The van der Waals surface area contributed by atoms with Crippen molar-refractivity contribution < 1.29 is 4.79 Å². The quantitative estimate of drug-likeness (QED) is 0.501. The Kier molecular flexibility index (Phi) is 6.88. The van der Waals surface area contributed by atoms with Crippen LogP contribution in [0, 0.1) is 0 Å². The molecule has 1 unspecified atom stereocenters. The first-order chi connectivity index (χ1) is 13.2. The molecular weight excluding hydrogens is 367 g/mol. The van der Waals surface area contributed by atoms with E-state index >= 15 is 0 Å². The summed E-state index contributed by atoms with van der Waals surface area (Å²) in [5.74, 6) is 0. The lowest BCUT2D eigenvalue weighted by molar-refractivity contribution is -0.109. The second kappa shape index (κ2) is 9.35. The maximum absolute atomic E-state index is 12.3. The van der Waals surface area contributed by atoms with Gasteiger partial charge in [0.05, 0.1) is 0 Å². The fourth-order valence-corrected chi connectivity index (χ4v) is 11.1. The van der Waals surface area contributed by atoms with Crippen LogP contribution in [0.15, 0.2) is 91.0 Å². The summed E-state index contributed by atoms with van der Waals surface area (Å²) in [6, 6.07) is 32.4. The van der Waals surface area contributed by atoms with Crippen molar-refractivity contribution in [2.45, 2.75) is 31.7 Å². The fourth-order valence-electron chi connectivity index (χ4n) is 3.71. The largest absolute Gasteiger partial charge is 0.287 e. The first-order valence-electron chi connectivity index (χ1n) is 9.42. The highest BCUT2D eigenvalue weighted by atomic mass is 32.2. The van der Waals surface area contributed by atoms with Gasteiger partial charge in [0.25, 0.3) is 0 Å². The highest BCUT2D eigenvalue weighted by Crippen LogP contribution is 2.64. The highest BCUT2D eigenvalue weighted by molar-refractivity contribution is 8.22. The Bertz CT molecular complexity index is 753. The monoisotopic (exact) mass is 393 g/mol. The van der Waals surface area contributed by atoms with E-state index in [2.05, 4.69) is 97.9 Å². The third-order valence-corrected chi connectivity index (χ3v) is 11.3. The summed E-state index contributed by atoms with van der Waals surface area (Å²) in [5.41, 5.74) is 0. The second-order valence-corrected chi connectivity index (χ2v) is 11.9. The summed E-state index contributed by atoms with van der Waals surface area (Å²) < 4.78 is 0. The Balaban J connectivity index is 2.36. The Morgan fingerprint density at radius 3 is 1.44 bits per heavy atom. The molecule has 27 heavy (non-hydrogen) atoms. The van der Waals surface area contributed by atoms with Crippen molar-refractivity contribution in [3.63, 3.8) is 0 Å². The van der Waals surface area contributed by atoms with Crippen molar-refractivity contribution in [3.8, 4) is 0 Å². The summed E-state index contributed by atoms with van der Waals surface area (Å²) >= 11 is 1.53. The number of hydrogen-bond donors (Lipinski definition) is 0. The molecule has 1 atom stereocenters. The Labute approximate surface area is 167 Å². The molecule has 0 N–H and O–H groups in total. The number of carbonyl (C=O) groups excluding carboxylic acids is 1. The highest BCUT2D eigenvalue weighted by Gasteiger charge is 2.52. The summed E-state index contributed by atoms with van der Waals surface area (Å²) in [5, 5.41) is 4.22. The zero-order valence-corrected chi connectivity index (χ0v) is 17.6. The van der Waals surface area contributed by atoms with Crippen LogP contribution in [0.1, 0.15) is 26.7 Å². The molecule has 0 radical (unpaired) electrons. The molecule has 0 aliphatic heterocycles. The van der Waals surface area contributed by atoms with Crippen molar-refractivity contribution in [2.75, 3.05) is 0 Å². The molecule has 0 aliphatic carbocycles. The molecule has 0 aliphatic rings. The lowest BCUT2D eigenvalue weighted by atomic mass is 10.3. The molecule has 0 fully saturated rings. The van der Waals surface area contributed by atoms with Crippen LogP contribution in [0.25, 0.3) is 0 Å². The van der Waals surface area contributed by atoms with Gasteiger partial charge in [0.15, 0.2) is 5.12 Å². The van der Waals surface area contributed by atoms with E-state index in [0.29, 0.717) is 0 Å². The fraction of sp³-hybridized carbons (Fsp3) is 0.208. The van der Waals surface area contributed by atoms with Crippen molar-refractivity contribution in [2.24, 2.45) is 0 Å². The van der Waals surface area contributed by atoms with Gasteiger partial charge in [-0.1, -0.05) is 67.9 Å². The normalized spacial score (nSPS) is 12.5. The minimum absolute atomic E-state index is 0.195. The number of benzene rings is 3. The molecule has 0 saturated heterocycles. The molecule has 0 bridgehead atoms. The number of hydrogen-bond acceptors (Lipinski definition) is 2. The van der Waals surface area contributed by atoms with Crippen LogP contribution in [0.4, 0.5) is 0 Å². The van der Waals surface area contributed by atoms with Crippen LogP contribution in [-0.2, 0) is 4.79 Å². The van der Waals surface area contributed by atoms with E-state index in [4.69, 9.17) is 0 Å². The lowest BCUT2D eigenvalue weighted by Crippen LogP contribution is -2.38. The van der Waals surface area contributed by atoms with E-state index in [1.54, 1.807) is 6.92 Å². The maximum Gasteiger partial charge on any atom is 0.189 e. The van der Waals surface area contributed by atoms with Gasteiger partial charge in [0.2, 0.25) is 0 Å². The van der Waals surface area contributed by atoms with Crippen LogP contribution < -0.4 is 15.9 Å². The molecule has 0 saturated carbocycles. The van der Waals surface area contributed by atoms with E-state index in [-0.39, 0.29) is 10.1 Å². The van der Waals surface area contributed by atoms with E-state index in [9.17, 15) is 4.79 Å². The summed E-state index contributed by atoms with van der Waals surface area (Å²) in [7, 11) is -1.99. The average molecular weight is 394 g/mol. The molecule has 0 aromatic heterocycles. The number of thioether (sulfide) groups is 1. The average Bonchev–Trinajstić information content (AvgIpc) is 2.71. The first kappa shape index (κ1) is 19.9. The van der Waals surface area contributed by atoms with E-state index < -0.39 is 7.26 Å². The van der Waals surface area contributed by atoms with Crippen molar-refractivity contribution in [1.29, 1.82) is 0 Å². The van der Waals surface area contributed by atoms with Gasteiger partial charge in [-0.3, -0.25) is 4.79 Å². The number of carbonyl (C=O) groups is 1. The predicted octanol–water partition coefficient (Wildman–Crippen LogP) is 5.39. The SMILES string of the molecule is CCCC(SC(C)=O)[P+](c1ccccc1)(c1ccccc1)c1ccccc1. The van der Waals surface area contributed by atoms with Crippen molar-refractivity contribution >= 4 is 40.1 Å². The minimum atomic E-state index is -1.99. The smallest absolute Gasteiger partial charge is 0.189 e. The molecule has 138 valence electrons. The lowest BCUT2D eigenvalue weighted by Gasteiger charge is -2.33. The van der Waals surface area contributed by atoms with Crippen LogP contribution >= 0.6 is 19.0 Å². The minimum Gasteiger partial charge on any atom is -0.287 e. The van der Waals surface area contributed by atoms with E-state index in [1.165, 1.54) is 27.7 Å². The Hall–Kier alpha value is -1.89. The Morgan fingerprint density at radius 2 is 1.15 bits per heavy atom. The van der Waals surface area contributed by atoms with Gasteiger partial charge in [-0.25, -0.2) is 0 Å². The molecular formula is C24H26OPS+. The van der Waals surface area contributed by atoms with Crippen LogP contribution in [0.5, 0.6) is 0 Å². The maximum atomic E-state index is 12.3. The molecule has 3 aromatic carbocycles. The molecule has 0 amide bonds. The third-order valence-electron chi connectivity index (χ3n) is 4.76. The Morgan fingerprint density at radius 1 is 0.778 bits per heavy atom. The molecule has 0 spiro atoms. The molecule has 3 rings (SSSR count). The van der Waals surface area contributed by atoms with Gasteiger partial charge in [-0.05, 0) is 54.6 Å². The third kappa shape index (κ3) is 4.18. The molecule has 3 aromatic rings. The van der Waals surface area contributed by atoms with Crippen LogP contribution in [0.2, 0.25) is 0 Å². The van der Waals surface area contributed by atoms with Gasteiger partial charge in [-0.15, -0.1) is 0 Å². The van der Waals surface area contributed by atoms with Gasteiger partial charge in [0, 0.05) is 6.92 Å². The number of rotatable bonds is 7. The van der Waals surface area contributed by atoms with E-state index in [0.717, 1.165) is 12.8 Å². The summed E-state index contributed by atoms with van der Waals surface area (Å²) in [6.45, 7) is 3.91. The molecule has 1 nitrogen and oxygen atoms in total. The van der Waals surface area contributed by atoms with E-state index in [1.807, 2.05) is 0 Å². The second-order valence-electron chi connectivity index (χ2n) is 6.58. The topological polar surface area (TPSA) is 17.1 Å². The molecule has 3 heteroatoms. The summed E-state index contributed by atoms with van der Waals surface area (Å²) in [6.07, 6.45) is 2.07. The van der Waals surface area contributed by atoms with Gasteiger partial charge >= 0.3 is 0 Å². The summed E-state index contributed by atoms with van der Waals surface area (Å²) in [4.78, 5) is 12.5. The first-order valence-corrected chi connectivity index (χ1v) is 12.2. The molecule has 0 heterocycles. The zero-order valence-electron chi connectivity index (χ0n) is 15.9. The van der Waals surface area contributed by atoms with Gasteiger partial charge in [-0.2, -0.15) is 0 Å². The van der Waals surface area contributed by atoms with Crippen LogP contribution in [0.3, 0.4) is 0 Å². The van der Waals surface area contributed by atoms with Gasteiger partial charge < -0.3 is 0 Å². The van der Waals surface area contributed by atoms with Crippen LogP contribution in [-0.4, -0.2) is 10.1 Å².